The van der Waals surface area contributed by atoms with E-state index in [4.69, 9.17) is 4.52 Å². The van der Waals surface area contributed by atoms with Crippen LogP contribution in [0.3, 0.4) is 0 Å². The highest BCUT2D eigenvalue weighted by atomic mass is 19.3. The Hall–Kier alpha value is -3.22. The van der Waals surface area contributed by atoms with Crippen LogP contribution in [0.15, 0.2) is 47.0 Å². The van der Waals surface area contributed by atoms with Crippen LogP contribution < -0.4 is 4.74 Å². The minimum Gasteiger partial charge on any atom is -0.434 e. The Morgan fingerprint density at radius 2 is 1.89 bits per heavy atom. The van der Waals surface area contributed by atoms with E-state index in [1.807, 2.05) is 43.5 Å². The Morgan fingerprint density at radius 3 is 2.61 bits per heavy atom. The maximum atomic E-state index is 12.7. The smallest absolute Gasteiger partial charge is 0.387 e. The van der Waals surface area contributed by atoms with Crippen LogP contribution in [0.1, 0.15) is 22.8 Å². The van der Waals surface area contributed by atoms with E-state index in [-0.39, 0.29) is 5.75 Å². The van der Waals surface area contributed by atoms with Crippen molar-refractivity contribution in [2.24, 2.45) is 0 Å². The van der Waals surface area contributed by atoms with Gasteiger partial charge in [-0.3, -0.25) is 0 Å². The molecule has 0 amide bonds. The van der Waals surface area contributed by atoms with E-state index in [1.165, 1.54) is 0 Å². The molecule has 7 heteroatoms. The highest BCUT2D eigenvalue weighted by molar-refractivity contribution is 5.83. The van der Waals surface area contributed by atoms with Crippen LogP contribution in [0.25, 0.3) is 22.2 Å². The number of hydrogen-bond acceptors (Lipinski definition) is 4. The molecule has 2 aromatic heterocycles. The van der Waals surface area contributed by atoms with Gasteiger partial charge < -0.3 is 13.8 Å². The van der Waals surface area contributed by atoms with Gasteiger partial charge in [0.1, 0.15) is 17.3 Å². The third kappa shape index (κ3) is 3.24. The molecule has 0 spiro atoms. The molecule has 144 valence electrons. The van der Waals surface area contributed by atoms with Gasteiger partial charge in [0, 0.05) is 11.1 Å². The minimum absolute atomic E-state index is 0.167. The summed E-state index contributed by atoms with van der Waals surface area (Å²) in [6, 6.07) is 12.8. The molecule has 0 atom stereocenters. The average Bonchev–Trinajstić information content (AvgIpc) is 3.15. The minimum atomic E-state index is -2.87. The number of halogens is 2. The standard InChI is InChI=1S/C21H19F2N3O2/c1-12-20(13(2)28-25-12)15-8-9-17-18(10-15)26(14(3)24-17)11-16-6-4-5-7-19(16)27-21(22)23/h4-10,21H,11H2,1-3H3. The first-order valence-corrected chi connectivity index (χ1v) is 8.87. The molecular formula is C21H19F2N3O2. The highest BCUT2D eigenvalue weighted by Crippen LogP contribution is 2.31. The van der Waals surface area contributed by atoms with Gasteiger partial charge in [0.05, 0.1) is 23.3 Å². The predicted molar refractivity (Wildman–Crippen MR) is 102 cm³/mol. The van der Waals surface area contributed by atoms with Crippen molar-refractivity contribution < 1.29 is 18.0 Å². The molecule has 0 saturated carbocycles. The second-order valence-corrected chi connectivity index (χ2v) is 6.63. The van der Waals surface area contributed by atoms with E-state index in [9.17, 15) is 8.78 Å². The van der Waals surface area contributed by atoms with Gasteiger partial charge >= 0.3 is 6.61 Å². The fourth-order valence-corrected chi connectivity index (χ4v) is 3.51. The van der Waals surface area contributed by atoms with Crippen molar-refractivity contribution in [3.63, 3.8) is 0 Å². The predicted octanol–water partition coefficient (Wildman–Crippen LogP) is 5.27. The molecule has 0 N–H and O–H groups in total. The lowest BCUT2D eigenvalue weighted by molar-refractivity contribution is -0.0504. The molecule has 0 aliphatic rings. The van der Waals surface area contributed by atoms with Crippen LogP contribution in [0.2, 0.25) is 0 Å². The fourth-order valence-electron chi connectivity index (χ4n) is 3.51. The first-order valence-electron chi connectivity index (χ1n) is 8.87. The van der Waals surface area contributed by atoms with Crippen molar-refractivity contribution in [3.8, 4) is 16.9 Å². The van der Waals surface area contributed by atoms with Crippen molar-refractivity contribution >= 4 is 11.0 Å². The molecule has 0 fully saturated rings. The summed E-state index contributed by atoms with van der Waals surface area (Å²) in [5.74, 6) is 1.70. The van der Waals surface area contributed by atoms with E-state index in [1.54, 1.807) is 24.3 Å². The van der Waals surface area contributed by atoms with Crippen molar-refractivity contribution in [2.75, 3.05) is 0 Å². The highest BCUT2D eigenvalue weighted by Gasteiger charge is 2.16. The largest absolute Gasteiger partial charge is 0.434 e. The third-order valence-electron chi connectivity index (χ3n) is 4.78. The van der Waals surface area contributed by atoms with Gasteiger partial charge in [-0.2, -0.15) is 8.78 Å². The van der Waals surface area contributed by atoms with Crippen molar-refractivity contribution in [3.05, 3.63) is 65.3 Å². The number of para-hydroxylation sites is 1. The number of benzene rings is 2. The number of aromatic nitrogens is 3. The van der Waals surface area contributed by atoms with E-state index >= 15 is 0 Å². The molecule has 4 rings (SSSR count). The molecule has 4 aromatic rings. The zero-order valence-electron chi connectivity index (χ0n) is 15.7. The first-order chi connectivity index (χ1) is 13.4. The summed E-state index contributed by atoms with van der Waals surface area (Å²) in [5.41, 5.74) is 5.14. The summed E-state index contributed by atoms with van der Waals surface area (Å²) in [4.78, 5) is 4.60. The zero-order chi connectivity index (χ0) is 19.8. The molecule has 0 radical (unpaired) electrons. The molecule has 2 aromatic carbocycles. The molecule has 28 heavy (non-hydrogen) atoms. The zero-order valence-corrected chi connectivity index (χ0v) is 15.7. The number of hydrogen-bond donors (Lipinski definition) is 0. The van der Waals surface area contributed by atoms with Gasteiger partial charge in [0.15, 0.2) is 0 Å². The van der Waals surface area contributed by atoms with Crippen LogP contribution >= 0.6 is 0 Å². The van der Waals surface area contributed by atoms with Crippen molar-refractivity contribution in [1.29, 1.82) is 0 Å². The molecule has 5 nitrogen and oxygen atoms in total. The average molecular weight is 383 g/mol. The van der Waals surface area contributed by atoms with E-state index in [2.05, 4.69) is 14.9 Å². The summed E-state index contributed by atoms with van der Waals surface area (Å²) in [7, 11) is 0. The maximum Gasteiger partial charge on any atom is 0.387 e. The third-order valence-corrected chi connectivity index (χ3v) is 4.78. The number of nitrogens with zero attached hydrogens (tertiary/aromatic N) is 3. The van der Waals surface area contributed by atoms with Gasteiger partial charge in [0.2, 0.25) is 0 Å². The van der Waals surface area contributed by atoms with Crippen molar-refractivity contribution in [1.82, 2.24) is 14.7 Å². The number of rotatable bonds is 5. The lowest BCUT2D eigenvalue weighted by Gasteiger charge is -2.13. The van der Waals surface area contributed by atoms with Crippen LogP contribution in [0.4, 0.5) is 8.78 Å². The van der Waals surface area contributed by atoms with Gasteiger partial charge in [-0.25, -0.2) is 4.98 Å². The van der Waals surface area contributed by atoms with Crippen molar-refractivity contribution in [2.45, 2.75) is 33.9 Å². The molecule has 0 bridgehead atoms. The Bertz CT molecular complexity index is 1130. The fraction of sp³-hybridized carbons (Fsp3) is 0.238. The van der Waals surface area contributed by atoms with Crippen LogP contribution in [0.5, 0.6) is 5.75 Å². The number of aryl methyl sites for hydroxylation is 3. The summed E-state index contributed by atoms with van der Waals surface area (Å²) in [6.07, 6.45) is 0. The molecule has 0 saturated heterocycles. The van der Waals surface area contributed by atoms with Gasteiger partial charge in [0.25, 0.3) is 0 Å². The molecule has 0 unspecified atom stereocenters. The molecular weight excluding hydrogens is 364 g/mol. The van der Waals surface area contributed by atoms with Crippen LogP contribution in [-0.4, -0.2) is 21.3 Å². The van der Waals surface area contributed by atoms with Gasteiger partial charge in [-0.05, 0) is 44.5 Å². The summed E-state index contributed by atoms with van der Waals surface area (Å²) in [6.45, 7) is 3.17. The van der Waals surface area contributed by atoms with Crippen LogP contribution in [0, 0.1) is 20.8 Å². The monoisotopic (exact) mass is 383 g/mol. The summed E-state index contributed by atoms with van der Waals surface area (Å²) in [5, 5.41) is 4.02. The lowest BCUT2D eigenvalue weighted by Crippen LogP contribution is -2.08. The normalized spacial score (nSPS) is 11.5. The van der Waals surface area contributed by atoms with E-state index < -0.39 is 6.61 Å². The Kier molecular flexibility index (Phi) is 4.58. The van der Waals surface area contributed by atoms with Crippen LogP contribution in [-0.2, 0) is 6.54 Å². The summed E-state index contributed by atoms with van der Waals surface area (Å²) >= 11 is 0. The Balaban J connectivity index is 1.80. The Morgan fingerprint density at radius 1 is 1.11 bits per heavy atom. The number of alkyl halides is 2. The number of ether oxygens (including phenoxy) is 1. The lowest BCUT2D eigenvalue weighted by atomic mass is 10.0. The van der Waals surface area contributed by atoms with E-state index in [0.29, 0.717) is 12.1 Å². The van der Waals surface area contributed by atoms with E-state index in [0.717, 1.165) is 39.4 Å². The first kappa shape index (κ1) is 18.2. The molecule has 2 heterocycles. The SMILES string of the molecule is Cc1noc(C)c1-c1ccc2nc(C)n(Cc3ccccc3OC(F)F)c2c1. The molecule has 0 aliphatic heterocycles. The quantitative estimate of drug-likeness (QED) is 0.471. The second-order valence-electron chi connectivity index (χ2n) is 6.63. The molecule has 0 aliphatic carbocycles. The topological polar surface area (TPSA) is 53.1 Å². The number of fused-ring (bicyclic) bond motifs is 1. The second kappa shape index (κ2) is 7.07. The number of imidazole rings is 1. The maximum absolute atomic E-state index is 12.7. The van der Waals surface area contributed by atoms with Gasteiger partial charge in [-0.1, -0.05) is 29.4 Å². The Labute approximate surface area is 160 Å². The van der Waals surface area contributed by atoms with Gasteiger partial charge in [-0.15, -0.1) is 0 Å². The summed E-state index contributed by atoms with van der Waals surface area (Å²) < 4.78 is 37.4.